The van der Waals surface area contributed by atoms with Crippen LogP contribution < -0.4 is 5.32 Å². The Morgan fingerprint density at radius 2 is 2.05 bits per heavy atom. The van der Waals surface area contributed by atoms with Gasteiger partial charge in [-0.15, -0.1) is 0 Å². The standard InChI is InChI=1S/C16H18N2O3/c17-11-14-3-1-13(2-4-14)5-6-15(20)18-16(12-19)7-9-21-10-8-16/h1-6,19H,7-10,12H2,(H,18,20)/b6-5+. The number of aliphatic hydroxyl groups excluding tert-OH is 1. The van der Waals surface area contributed by atoms with E-state index >= 15 is 0 Å². The lowest BCUT2D eigenvalue weighted by Gasteiger charge is -2.35. The van der Waals surface area contributed by atoms with Gasteiger partial charge in [0.2, 0.25) is 5.91 Å². The largest absolute Gasteiger partial charge is 0.394 e. The lowest BCUT2D eigenvalue weighted by Crippen LogP contribution is -2.54. The summed E-state index contributed by atoms with van der Waals surface area (Å²) in [6.45, 7) is 0.993. The first-order chi connectivity index (χ1) is 10.2. The fourth-order valence-electron chi connectivity index (χ4n) is 2.23. The maximum atomic E-state index is 12.0. The fraction of sp³-hybridized carbons (Fsp3) is 0.375. The third-order valence-corrected chi connectivity index (χ3v) is 3.61. The Morgan fingerprint density at radius 1 is 1.38 bits per heavy atom. The molecule has 5 heteroatoms. The van der Waals surface area contributed by atoms with E-state index < -0.39 is 5.54 Å². The second-order valence-corrected chi connectivity index (χ2v) is 5.11. The van der Waals surface area contributed by atoms with Crippen molar-refractivity contribution in [3.63, 3.8) is 0 Å². The van der Waals surface area contributed by atoms with Crippen LogP contribution in [0.5, 0.6) is 0 Å². The Hall–Kier alpha value is -2.16. The Bertz CT molecular complexity index is 552. The van der Waals surface area contributed by atoms with E-state index in [4.69, 9.17) is 10.00 Å². The van der Waals surface area contributed by atoms with Crippen LogP contribution in [0, 0.1) is 11.3 Å². The van der Waals surface area contributed by atoms with Gasteiger partial charge in [0.1, 0.15) is 0 Å². The molecule has 1 aromatic rings. The van der Waals surface area contributed by atoms with Crippen LogP contribution in [0.3, 0.4) is 0 Å². The smallest absolute Gasteiger partial charge is 0.244 e. The molecule has 110 valence electrons. The second kappa shape index (κ2) is 7.02. The third-order valence-electron chi connectivity index (χ3n) is 3.61. The van der Waals surface area contributed by atoms with Crippen LogP contribution in [0.25, 0.3) is 6.08 Å². The van der Waals surface area contributed by atoms with E-state index in [1.165, 1.54) is 6.08 Å². The Kier molecular flexibility index (Phi) is 5.09. The van der Waals surface area contributed by atoms with Crippen molar-refractivity contribution in [2.75, 3.05) is 19.8 Å². The van der Waals surface area contributed by atoms with Crippen LogP contribution >= 0.6 is 0 Å². The number of rotatable bonds is 4. The van der Waals surface area contributed by atoms with Gasteiger partial charge in [-0.1, -0.05) is 12.1 Å². The third kappa shape index (κ3) is 4.15. The Labute approximate surface area is 123 Å². The number of nitrogens with zero attached hydrogens (tertiary/aromatic N) is 1. The Balaban J connectivity index is 1.96. The molecular formula is C16H18N2O3. The average Bonchev–Trinajstić information content (AvgIpc) is 2.54. The number of carbonyl (C=O) groups is 1. The van der Waals surface area contributed by atoms with E-state index in [1.807, 2.05) is 6.07 Å². The molecule has 1 fully saturated rings. The molecule has 5 nitrogen and oxygen atoms in total. The number of hydrogen-bond acceptors (Lipinski definition) is 4. The van der Waals surface area contributed by atoms with E-state index in [0.717, 1.165) is 5.56 Å². The summed E-state index contributed by atoms with van der Waals surface area (Å²) in [5, 5.41) is 21.1. The molecule has 21 heavy (non-hydrogen) atoms. The van der Waals surface area contributed by atoms with Gasteiger partial charge in [-0.2, -0.15) is 5.26 Å². The van der Waals surface area contributed by atoms with Gasteiger partial charge in [-0.05, 0) is 36.6 Å². The summed E-state index contributed by atoms with van der Waals surface area (Å²) in [6.07, 6.45) is 4.34. The molecule has 1 heterocycles. The first-order valence-corrected chi connectivity index (χ1v) is 6.86. The number of ether oxygens (including phenoxy) is 1. The van der Waals surface area contributed by atoms with Crippen molar-refractivity contribution >= 4 is 12.0 Å². The van der Waals surface area contributed by atoms with Gasteiger partial charge in [0.25, 0.3) is 0 Å². The van der Waals surface area contributed by atoms with Gasteiger partial charge in [0.05, 0.1) is 23.8 Å². The van der Waals surface area contributed by atoms with Crippen molar-refractivity contribution in [1.82, 2.24) is 5.32 Å². The topological polar surface area (TPSA) is 82.4 Å². The van der Waals surface area contributed by atoms with Crippen LogP contribution in [0.15, 0.2) is 30.3 Å². The summed E-state index contributed by atoms with van der Waals surface area (Å²) in [5.74, 6) is -0.240. The zero-order chi connectivity index (χ0) is 15.1. The van der Waals surface area contributed by atoms with Crippen molar-refractivity contribution in [3.05, 3.63) is 41.5 Å². The van der Waals surface area contributed by atoms with E-state index in [0.29, 0.717) is 31.6 Å². The summed E-state index contributed by atoms with van der Waals surface area (Å²) in [4.78, 5) is 12.0. The van der Waals surface area contributed by atoms with Crippen molar-refractivity contribution in [3.8, 4) is 6.07 Å². The highest BCUT2D eigenvalue weighted by molar-refractivity contribution is 5.92. The van der Waals surface area contributed by atoms with Crippen LogP contribution in [0.2, 0.25) is 0 Å². The molecule has 0 aliphatic carbocycles. The quantitative estimate of drug-likeness (QED) is 0.816. The minimum atomic E-state index is -0.579. The molecule has 0 unspecified atom stereocenters. The van der Waals surface area contributed by atoms with Crippen LogP contribution in [-0.2, 0) is 9.53 Å². The molecule has 0 spiro atoms. The molecule has 1 amide bonds. The van der Waals surface area contributed by atoms with Gasteiger partial charge in [-0.3, -0.25) is 4.79 Å². The highest BCUT2D eigenvalue weighted by Gasteiger charge is 2.32. The predicted molar refractivity (Wildman–Crippen MR) is 78.2 cm³/mol. The number of hydrogen-bond donors (Lipinski definition) is 2. The molecule has 0 atom stereocenters. The van der Waals surface area contributed by atoms with E-state index in [2.05, 4.69) is 5.32 Å². The van der Waals surface area contributed by atoms with Crippen molar-refractivity contribution < 1.29 is 14.6 Å². The molecule has 2 rings (SSSR count). The average molecular weight is 286 g/mol. The minimum absolute atomic E-state index is 0.0905. The SMILES string of the molecule is N#Cc1ccc(/C=C/C(=O)NC2(CO)CCOCC2)cc1. The predicted octanol–water partition coefficient (Wildman–Crippen LogP) is 1.23. The maximum Gasteiger partial charge on any atom is 0.244 e. The van der Waals surface area contributed by atoms with Gasteiger partial charge < -0.3 is 15.2 Å². The van der Waals surface area contributed by atoms with Crippen LogP contribution in [-0.4, -0.2) is 36.4 Å². The first kappa shape index (κ1) is 15.2. The first-order valence-electron chi connectivity index (χ1n) is 6.86. The van der Waals surface area contributed by atoms with Crippen LogP contribution in [0.4, 0.5) is 0 Å². The zero-order valence-electron chi connectivity index (χ0n) is 11.7. The highest BCUT2D eigenvalue weighted by Crippen LogP contribution is 2.20. The molecule has 0 bridgehead atoms. The summed E-state index contributed by atoms with van der Waals surface area (Å²) >= 11 is 0. The van der Waals surface area contributed by atoms with Crippen molar-refractivity contribution in [2.45, 2.75) is 18.4 Å². The number of amides is 1. The molecule has 0 radical (unpaired) electrons. The Morgan fingerprint density at radius 3 is 2.62 bits per heavy atom. The molecule has 1 aromatic carbocycles. The van der Waals surface area contributed by atoms with E-state index in [1.54, 1.807) is 30.3 Å². The number of aliphatic hydroxyl groups is 1. The molecule has 0 saturated carbocycles. The number of benzene rings is 1. The van der Waals surface area contributed by atoms with E-state index in [9.17, 15) is 9.90 Å². The molecule has 1 aliphatic rings. The monoisotopic (exact) mass is 286 g/mol. The fourth-order valence-corrected chi connectivity index (χ4v) is 2.23. The zero-order valence-corrected chi connectivity index (χ0v) is 11.7. The molecule has 1 aliphatic heterocycles. The summed E-state index contributed by atoms with van der Waals surface area (Å²) in [7, 11) is 0. The summed E-state index contributed by atoms with van der Waals surface area (Å²) in [6, 6.07) is 8.99. The molecule has 2 N–H and O–H groups in total. The molecule has 1 saturated heterocycles. The lowest BCUT2D eigenvalue weighted by atomic mass is 9.91. The minimum Gasteiger partial charge on any atom is -0.394 e. The molecular weight excluding hydrogens is 268 g/mol. The maximum absolute atomic E-state index is 12.0. The van der Waals surface area contributed by atoms with Crippen molar-refractivity contribution in [2.24, 2.45) is 0 Å². The van der Waals surface area contributed by atoms with Gasteiger partial charge in [0, 0.05) is 19.3 Å². The van der Waals surface area contributed by atoms with Gasteiger partial charge >= 0.3 is 0 Å². The van der Waals surface area contributed by atoms with Crippen LogP contribution in [0.1, 0.15) is 24.0 Å². The normalized spacial score (nSPS) is 17.3. The number of nitrogens with one attached hydrogen (secondary N) is 1. The second-order valence-electron chi connectivity index (χ2n) is 5.11. The van der Waals surface area contributed by atoms with Crippen molar-refractivity contribution in [1.29, 1.82) is 5.26 Å². The number of carbonyl (C=O) groups excluding carboxylic acids is 1. The number of nitriles is 1. The van der Waals surface area contributed by atoms with Gasteiger partial charge in [0.15, 0.2) is 0 Å². The summed E-state index contributed by atoms with van der Waals surface area (Å²) in [5.41, 5.74) is 0.844. The van der Waals surface area contributed by atoms with E-state index in [-0.39, 0.29) is 12.5 Å². The summed E-state index contributed by atoms with van der Waals surface area (Å²) < 4.78 is 5.25. The lowest BCUT2D eigenvalue weighted by molar-refractivity contribution is -0.120. The highest BCUT2D eigenvalue weighted by atomic mass is 16.5. The van der Waals surface area contributed by atoms with Gasteiger partial charge in [-0.25, -0.2) is 0 Å². The molecule has 0 aromatic heterocycles.